The van der Waals surface area contributed by atoms with Gasteiger partial charge in [-0.3, -0.25) is 9.59 Å². The van der Waals surface area contributed by atoms with Gasteiger partial charge in [0.2, 0.25) is 0 Å². The van der Waals surface area contributed by atoms with Gasteiger partial charge in [0, 0.05) is 5.56 Å². The van der Waals surface area contributed by atoms with Gasteiger partial charge in [0.1, 0.15) is 12.3 Å². The summed E-state index contributed by atoms with van der Waals surface area (Å²) >= 11 is 0. The Kier molecular flexibility index (Phi) is 3.94. The van der Waals surface area contributed by atoms with Gasteiger partial charge >= 0.3 is 5.97 Å². The van der Waals surface area contributed by atoms with E-state index < -0.39 is 5.97 Å². The van der Waals surface area contributed by atoms with Crippen LogP contribution in [0, 0.1) is 0 Å². The number of nitrogens with one attached hydrogen (secondary N) is 1. The summed E-state index contributed by atoms with van der Waals surface area (Å²) in [5.74, 6) is -0.682. The quantitative estimate of drug-likeness (QED) is 0.829. The van der Waals surface area contributed by atoms with Crippen LogP contribution in [0.3, 0.4) is 0 Å². The van der Waals surface area contributed by atoms with Crippen LogP contribution in [0.25, 0.3) is 0 Å². The first-order valence-electron chi connectivity index (χ1n) is 5.66. The Bertz CT molecular complexity index is 638. The molecule has 104 valence electrons. The molecule has 0 radical (unpaired) electrons. The third-order valence-electron chi connectivity index (χ3n) is 2.41. The van der Waals surface area contributed by atoms with E-state index in [0.717, 1.165) is 4.68 Å². The van der Waals surface area contributed by atoms with Crippen LogP contribution in [0.15, 0.2) is 30.5 Å². The van der Waals surface area contributed by atoms with Crippen LogP contribution in [0.1, 0.15) is 10.4 Å². The number of nitrogens with zero attached hydrogens (tertiary/aromatic N) is 3. The summed E-state index contributed by atoms with van der Waals surface area (Å²) in [5.41, 5.74) is 0.400. The smallest absolute Gasteiger partial charge is 0.325 e. The third-order valence-corrected chi connectivity index (χ3v) is 2.41. The molecule has 2 aromatic rings. The van der Waals surface area contributed by atoms with Gasteiger partial charge in [-0.2, -0.15) is 0 Å². The number of anilines is 1. The first-order chi connectivity index (χ1) is 9.58. The Morgan fingerprint density at radius 1 is 1.45 bits per heavy atom. The van der Waals surface area contributed by atoms with Gasteiger partial charge in [-0.25, -0.2) is 4.68 Å². The molecule has 0 aliphatic carbocycles. The second-order valence-electron chi connectivity index (χ2n) is 3.88. The minimum atomic E-state index is -1.04. The largest absolute Gasteiger partial charge is 0.497 e. The number of aliphatic carboxylic acids is 1. The van der Waals surface area contributed by atoms with Crippen LogP contribution in [0.4, 0.5) is 5.82 Å². The van der Waals surface area contributed by atoms with Crippen molar-refractivity contribution in [3.05, 3.63) is 36.0 Å². The number of rotatable bonds is 5. The molecular formula is C12H12N4O4. The Hall–Kier alpha value is -2.90. The Morgan fingerprint density at radius 3 is 2.95 bits per heavy atom. The summed E-state index contributed by atoms with van der Waals surface area (Å²) in [6.07, 6.45) is 1.34. The number of methoxy groups -OCH3 is 1. The molecule has 0 aliphatic heterocycles. The molecule has 1 aromatic heterocycles. The van der Waals surface area contributed by atoms with E-state index in [2.05, 4.69) is 15.6 Å². The lowest BCUT2D eigenvalue weighted by Crippen LogP contribution is -2.12. The first-order valence-corrected chi connectivity index (χ1v) is 5.66. The molecule has 1 amide bonds. The number of carbonyl (C=O) groups excluding carboxylic acids is 1. The highest BCUT2D eigenvalue weighted by molar-refractivity contribution is 6.03. The van der Waals surface area contributed by atoms with Crippen LogP contribution in [0.5, 0.6) is 5.75 Å². The number of ether oxygens (including phenoxy) is 1. The standard InChI is InChI=1S/C12H12N4O4/c1-20-9-4-2-3-8(5-9)12(19)13-10-6-16(15-14-10)7-11(17)18/h2-6H,7H2,1H3,(H,13,19)(H,17,18). The Morgan fingerprint density at radius 2 is 2.25 bits per heavy atom. The predicted octanol–water partition coefficient (Wildman–Crippen LogP) is 0.624. The van der Waals surface area contributed by atoms with E-state index in [1.165, 1.54) is 13.3 Å². The predicted molar refractivity (Wildman–Crippen MR) is 68.6 cm³/mol. The van der Waals surface area contributed by atoms with Crippen LogP contribution in [-0.4, -0.2) is 39.1 Å². The molecule has 8 heteroatoms. The SMILES string of the molecule is COc1cccc(C(=O)Nc2cn(CC(=O)O)nn2)c1. The molecule has 0 atom stereocenters. The van der Waals surface area contributed by atoms with Gasteiger partial charge in [0.15, 0.2) is 5.82 Å². The van der Waals surface area contributed by atoms with Gasteiger partial charge in [-0.15, -0.1) is 5.10 Å². The molecule has 2 rings (SSSR count). The highest BCUT2D eigenvalue weighted by Gasteiger charge is 2.10. The summed E-state index contributed by atoms with van der Waals surface area (Å²) < 4.78 is 6.14. The van der Waals surface area contributed by atoms with Crippen molar-refractivity contribution < 1.29 is 19.4 Å². The minimum Gasteiger partial charge on any atom is -0.497 e. The van der Waals surface area contributed by atoms with Gasteiger partial charge in [0.25, 0.3) is 5.91 Å². The van der Waals surface area contributed by atoms with Crippen molar-refractivity contribution >= 4 is 17.7 Å². The normalized spacial score (nSPS) is 10.1. The maximum atomic E-state index is 12.0. The second kappa shape index (κ2) is 5.83. The van der Waals surface area contributed by atoms with E-state index >= 15 is 0 Å². The van der Waals surface area contributed by atoms with Crippen LogP contribution in [-0.2, 0) is 11.3 Å². The lowest BCUT2D eigenvalue weighted by atomic mass is 10.2. The average Bonchev–Trinajstić information content (AvgIpc) is 2.85. The minimum absolute atomic E-state index is 0.180. The van der Waals surface area contributed by atoms with E-state index in [1.54, 1.807) is 24.3 Å². The molecular weight excluding hydrogens is 264 g/mol. The number of carboxylic acid groups (broad SMARTS) is 1. The van der Waals surface area contributed by atoms with E-state index in [-0.39, 0.29) is 18.3 Å². The van der Waals surface area contributed by atoms with Crippen molar-refractivity contribution in [3.8, 4) is 5.75 Å². The molecule has 2 N–H and O–H groups in total. The fourth-order valence-corrected chi connectivity index (χ4v) is 1.52. The first kappa shape index (κ1) is 13.5. The summed E-state index contributed by atoms with van der Waals surface area (Å²) in [5, 5.41) is 18.4. The zero-order chi connectivity index (χ0) is 14.5. The number of hydrogen-bond acceptors (Lipinski definition) is 5. The molecule has 20 heavy (non-hydrogen) atoms. The zero-order valence-electron chi connectivity index (χ0n) is 10.6. The topological polar surface area (TPSA) is 106 Å². The van der Waals surface area contributed by atoms with Gasteiger partial charge in [-0.05, 0) is 18.2 Å². The lowest BCUT2D eigenvalue weighted by molar-refractivity contribution is -0.137. The lowest BCUT2D eigenvalue weighted by Gasteiger charge is -2.03. The molecule has 0 aliphatic rings. The summed E-state index contributed by atoms with van der Waals surface area (Å²) in [4.78, 5) is 22.5. The number of carboxylic acids is 1. The van der Waals surface area contributed by atoms with Crippen molar-refractivity contribution in [2.75, 3.05) is 12.4 Å². The van der Waals surface area contributed by atoms with Crippen molar-refractivity contribution in [2.45, 2.75) is 6.54 Å². The van der Waals surface area contributed by atoms with Crippen LogP contribution >= 0.6 is 0 Å². The summed E-state index contributed by atoms with van der Waals surface area (Å²) in [6.45, 7) is -0.317. The van der Waals surface area contributed by atoms with E-state index in [1.807, 2.05) is 0 Å². The highest BCUT2D eigenvalue weighted by atomic mass is 16.5. The van der Waals surface area contributed by atoms with Crippen LogP contribution in [0.2, 0.25) is 0 Å². The van der Waals surface area contributed by atoms with Crippen molar-refractivity contribution in [3.63, 3.8) is 0 Å². The fourth-order valence-electron chi connectivity index (χ4n) is 1.52. The maximum absolute atomic E-state index is 12.0. The third kappa shape index (κ3) is 3.31. The van der Waals surface area contributed by atoms with Gasteiger partial charge in [-0.1, -0.05) is 11.3 Å². The van der Waals surface area contributed by atoms with E-state index in [0.29, 0.717) is 11.3 Å². The number of carbonyl (C=O) groups is 2. The fraction of sp³-hybridized carbons (Fsp3) is 0.167. The molecule has 0 saturated heterocycles. The monoisotopic (exact) mass is 276 g/mol. The number of amides is 1. The van der Waals surface area contributed by atoms with E-state index in [4.69, 9.17) is 9.84 Å². The molecule has 0 bridgehead atoms. The summed E-state index contributed by atoms with van der Waals surface area (Å²) in [7, 11) is 1.51. The average molecular weight is 276 g/mol. The molecule has 0 fully saturated rings. The highest BCUT2D eigenvalue weighted by Crippen LogP contribution is 2.13. The van der Waals surface area contributed by atoms with Gasteiger partial charge < -0.3 is 15.2 Å². The van der Waals surface area contributed by atoms with Crippen molar-refractivity contribution in [1.29, 1.82) is 0 Å². The van der Waals surface area contributed by atoms with Crippen molar-refractivity contribution in [2.24, 2.45) is 0 Å². The second-order valence-corrected chi connectivity index (χ2v) is 3.88. The molecule has 1 heterocycles. The Balaban J connectivity index is 2.07. The number of hydrogen-bond donors (Lipinski definition) is 2. The van der Waals surface area contributed by atoms with Crippen LogP contribution < -0.4 is 10.1 Å². The molecule has 0 saturated carbocycles. The maximum Gasteiger partial charge on any atom is 0.325 e. The molecule has 0 spiro atoms. The number of benzene rings is 1. The Labute approximate surface area is 114 Å². The molecule has 0 unspecified atom stereocenters. The zero-order valence-corrected chi connectivity index (χ0v) is 10.6. The summed E-state index contributed by atoms with van der Waals surface area (Å²) in [6, 6.07) is 6.62. The molecule has 1 aromatic carbocycles. The molecule has 8 nitrogen and oxygen atoms in total. The van der Waals surface area contributed by atoms with Gasteiger partial charge in [0.05, 0.1) is 13.3 Å². The number of aromatic nitrogens is 3. The van der Waals surface area contributed by atoms with Crippen molar-refractivity contribution in [1.82, 2.24) is 15.0 Å². The van der Waals surface area contributed by atoms with E-state index in [9.17, 15) is 9.59 Å².